The highest BCUT2D eigenvalue weighted by Crippen LogP contribution is 2.42. The second-order valence-corrected chi connectivity index (χ2v) is 7.33. The molecule has 0 spiro atoms. The van der Waals surface area contributed by atoms with Crippen molar-refractivity contribution < 1.29 is 18.3 Å². The van der Waals surface area contributed by atoms with E-state index >= 15 is 0 Å². The third kappa shape index (κ3) is 3.72. The Labute approximate surface area is 167 Å². The van der Waals surface area contributed by atoms with Gasteiger partial charge in [0.1, 0.15) is 5.75 Å². The minimum atomic E-state index is -2.93. The lowest BCUT2D eigenvalue weighted by Gasteiger charge is -2.25. The number of H-pyrrole nitrogens is 1. The van der Waals surface area contributed by atoms with Crippen LogP contribution >= 0.6 is 0 Å². The summed E-state index contributed by atoms with van der Waals surface area (Å²) in [6.45, 7) is 1.30. The molecule has 150 valence electrons. The number of hydrogen-bond acceptors (Lipinski definition) is 3. The molecule has 0 radical (unpaired) electrons. The van der Waals surface area contributed by atoms with Gasteiger partial charge in [-0.25, -0.2) is 8.78 Å². The molecule has 1 aromatic heterocycles. The molecule has 5 nitrogen and oxygen atoms in total. The Hall–Kier alpha value is -3.22. The van der Waals surface area contributed by atoms with E-state index in [0.29, 0.717) is 11.3 Å². The highest BCUT2D eigenvalue weighted by Gasteiger charge is 2.47. The molecule has 1 unspecified atom stereocenters. The van der Waals surface area contributed by atoms with Crippen LogP contribution in [0.4, 0.5) is 8.78 Å². The number of ether oxygens (including phenoxy) is 1. The van der Waals surface area contributed by atoms with Gasteiger partial charge < -0.3 is 9.64 Å². The van der Waals surface area contributed by atoms with Gasteiger partial charge in [-0.05, 0) is 30.7 Å². The number of hydrogen-bond donors (Lipinski definition) is 1. The number of benzene rings is 2. The van der Waals surface area contributed by atoms with Crippen LogP contribution in [-0.2, 0) is 0 Å². The summed E-state index contributed by atoms with van der Waals surface area (Å²) in [7, 11) is 1.51. The molecule has 1 aliphatic heterocycles. The molecule has 0 aliphatic carbocycles. The highest BCUT2D eigenvalue weighted by atomic mass is 19.3. The first-order valence-electron chi connectivity index (χ1n) is 9.30. The number of carbonyl (C=O) groups excluding carboxylic acids is 1. The van der Waals surface area contributed by atoms with Crippen LogP contribution in [0.2, 0.25) is 0 Å². The van der Waals surface area contributed by atoms with Crippen molar-refractivity contribution in [2.75, 3.05) is 13.7 Å². The van der Waals surface area contributed by atoms with Crippen LogP contribution in [0.1, 0.15) is 33.9 Å². The summed E-state index contributed by atoms with van der Waals surface area (Å²) < 4.78 is 34.0. The lowest BCUT2D eigenvalue weighted by molar-refractivity contribution is 0.0118. The van der Waals surface area contributed by atoms with E-state index in [-0.39, 0.29) is 6.42 Å². The summed E-state index contributed by atoms with van der Waals surface area (Å²) >= 11 is 0. The van der Waals surface area contributed by atoms with E-state index in [9.17, 15) is 13.6 Å². The van der Waals surface area contributed by atoms with Gasteiger partial charge in [-0.2, -0.15) is 5.10 Å². The van der Waals surface area contributed by atoms with Crippen molar-refractivity contribution in [1.29, 1.82) is 0 Å². The van der Waals surface area contributed by atoms with Gasteiger partial charge >= 0.3 is 0 Å². The van der Waals surface area contributed by atoms with Crippen LogP contribution in [0.15, 0.2) is 54.9 Å². The van der Waals surface area contributed by atoms with Gasteiger partial charge in [-0.15, -0.1) is 0 Å². The minimum absolute atomic E-state index is 0.310. The van der Waals surface area contributed by atoms with Crippen LogP contribution in [0.3, 0.4) is 0 Å². The molecule has 1 N–H and O–H groups in total. The van der Waals surface area contributed by atoms with E-state index in [2.05, 4.69) is 10.2 Å². The fourth-order valence-electron chi connectivity index (χ4n) is 3.83. The Balaban J connectivity index is 1.68. The van der Waals surface area contributed by atoms with Crippen LogP contribution in [0.25, 0.3) is 11.1 Å². The van der Waals surface area contributed by atoms with Crippen molar-refractivity contribution in [1.82, 2.24) is 15.1 Å². The fourth-order valence-corrected chi connectivity index (χ4v) is 3.83. The molecule has 2 aromatic carbocycles. The molecular formula is C22H21F2N3O2. The number of amides is 1. The average Bonchev–Trinajstić information content (AvgIpc) is 3.34. The van der Waals surface area contributed by atoms with E-state index in [0.717, 1.165) is 22.3 Å². The van der Waals surface area contributed by atoms with Gasteiger partial charge in [0, 0.05) is 29.3 Å². The number of alkyl halides is 2. The van der Waals surface area contributed by atoms with Gasteiger partial charge in [0.2, 0.25) is 0 Å². The van der Waals surface area contributed by atoms with E-state index < -0.39 is 24.4 Å². The number of methoxy groups -OCH3 is 1. The molecule has 0 bridgehead atoms. The smallest absolute Gasteiger partial charge is 0.267 e. The van der Waals surface area contributed by atoms with Crippen LogP contribution in [-0.4, -0.2) is 40.6 Å². The Bertz CT molecular complexity index is 1030. The molecule has 1 fully saturated rings. The first-order valence-corrected chi connectivity index (χ1v) is 9.30. The summed E-state index contributed by atoms with van der Waals surface area (Å²) in [5, 5.41) is 6.66. The summed E-state index contributed by atoms with van der Waals surface area (Å²) in [5.74, 6) is -2.88. The Morgan fingerprint density at radius 3 is 2.79 bits per heavy atom. The lowest BCUT2D eigenvalue weighted by atomic mass is 10.0. The Morgan fingerprint density at radius 1 is 1.28 bits per heavy atom. The number of aromatic nitrogens is 2. The standard InChI is InChI=1S/C22H21F2N3O2/c1-14-4-3-5-15(8-14)19-10-22(23,24)13-27(19)21(28)16-6-7-18(20(9-16)29-2)17-11-25-26-12-17/h3-9,11-12,19H,10,13H2,1-2H3,(H,25,26). The second-order valence-electron chi connectivity index (χ2n) is 7.33. The number of aromatic amines is 1. The number of carbonyl (C=O) groups is 1. The van der Waals surface area contributed by atoms with Gasteiger partial charge in [-0.3, -0.25) is 9.89 Å². The predicted molar refractivity (Wildman–Crippen MR) is 105 cm³/mol. The van der Waals surface area contributed by atoms with E-state index in [4.69, 9.17) is 4.74 Å². The number of halogens is 2. The van der Waals surface area contributed by atoms with Gasteiger partial charge in [0.25, 0.3) is 11.8 Å². The zero-order chi connectivity index (χ0) is 20.6. The van der Waals surface area contributed by atoms with Gasteiger partial charge in [-0.1, -0.05) is 29.8 Å². The van der Waals surface area contributed by atoms with Crippen molar-refractivity contribution in [2.24, 2.45) is 0 Å². The maximum atomic E-state index is 14.3. The third-order valence-corrected chi connectivity index (χ3v) is 5.22. The highest BCUT2D eigenvalue weighted by molar-refractivity contribution is 5.96. The van der Waals surface area contributed by atoms with Crippen LogP contribution < -0.4 is 4.74 Å². The number of aryl methyl sites for hydroxylation is 1. The molecule has 0 saturated carbocycles. The van der Waals surface area contributed by atoms with E-state index in [1.54, 1.807) is 36.7 Å². The van der Waals surface area contributed by atoms with Crippen molar-refractivity contribution >= 4 is 5.91 Å². The number of nitrogens with one attached hydrogen (secondary N) is 1. The molecule has 7 heteroatoms. The number of rotatable bonds is 4. The Kier molecular flexibility index (Phi) is 4.82. The van der Waals surface area contributed by atoms with E-state index in [1.165, 1.54) is 12.0 Å². The Morgan fingerprint density at radius 2 is 2.10 bits per heavy atom. The van der Waals surface area contributed by atoms with Crippen LogP contribution in [0, 0.1) is 6.92 Å². The van der Waals surface area contributed by atoms with Gasteiger partial charge in [0.15, 0.2) is 0 Å². The summed E-state index contributed by atoms with van der Waals surface area (Å²) in [6.07, 6.45) is 2.98. The van der Waals surface area contributed by atoms with Crippen molar-refractivity contribution in [3.05, 3.63) is 71.5 Å². The summed E-state index contributed by atoms with van der Waals surface area (Å²) in [4.78, 5) is 14.5. The lowest BCUT2D eigenvalue weighted by Crippen LogP contribution is -2.33. The first kappa shape index (κ1) is 19.1. The number of likely N-dealkylation sites (tertiary alicyclic amines) is 1. The van der Waals surface area contributed by atoms with Crippen molar-refractivity contribution in [2.45, 2.75) is 25.3 Å². The quantitative estimate of drug-likeness (QED) is 0.699. The molecule has 1 amide bonds. The molecule has 1 saturated heterocycles. The predicted octanol–water partition coefficient (Wildman–Crippen LogP) is 4.62. The monoisotopic (exact) mass is 397 g/mol. The summed E-state index contributed by atoms with van der Waals surface area (Å²) in [6, 6.07) is 11.7. The number of nitrogens with zero attached hydrogens (tertiary/aromatic N) is 2. The maximum Gasteiger partial charge on any atom is 0.267 e. The van der Waals surface area contributed by atoms with E-state index in [1.807, 2.05) is 25.1 Å². The normalized spacial score (nSPS) is 18.1. The second kappa shape index (κ2) is 7.31. The van der Waals surface area contributed by atoms with Crippen molar-refractivity contribution in [3.8, 4) is 16.9 Å². The first-order chi connectivity index (χ1) is 13.9. The topological polar surface area (TPSA) is 58.2 Å². The van der Waals surface area contributed by atoms with Crippen molar-refractivity contribution in [3.63, 3.8) is 0 Å². The zero-order valence-corrected chi connectivity index (χ0v) is 16.2. The van der Waals surface area contributed by atoms with Crippen LogP contribution in [0.5, 0.6) is 5.75 Å². The molecular weight excluding hydrogens is 376 g/mol. The average molecular weight is 397 g/mol. The molecule has 3 aromatic rings. The zero-order valence-electron chi connectivity index (χ0n) is 16.2. The third-order valence-electron chi connectivity index (χ3n) is 5.22. The minimum Gasteiger partial charge on any atom is -0.496 e. The molecule has 4 rings (SSSR count). The maximum absolute atomic E-state index is 14.3. The van der Waals surface area contributed by atoms with Gasteiger partial charge in [0.05, 0.1) is 25.9 Å². The SMILES string of the molecule is COc1cc(C(=O)N2CC(F)(F)CC2c2cccc(C)c2)ccc1-c1cn[nH]c1. The molecule has 29 heavy (non-hydrogen) atoms. The summed E-state index contributed by atoms with van der Waals surface area (Å²) in [5.41, 5.74) is 3.57. The molecule has 1 aliphatic rings. The molecule has 2 heterocycles. The fraction of sp³-hybridized carbons (Fsp3) is 0.273. The molecule has 1 atom stereocenters. The largest absolute Gasteiger partial charge is 0.496 e.